The van der Waals surface area contributed by atoms with Gasteiger partial charge in [0.1, 0.15) is 28.5 Å². The van der Waals surface area contributed by atoms with Gasteiger partial charge < -0.3 is 40.5 Å². The predicted molar refractivity (Wildman–Crippen MR) is 199 cm³/mol. The van der Waals surface area contributed by atoms with Crippen molar-refractivity contribution in [1.29, 1.82) is 0 Å². The van der Waals surface area contributed by atoms with Crippen molar-refractivity contribution in [2.24, 2.45) is 10.2 Å². The van der Waals surface area contributed by atoms with Crippen molar-refractivity contribution in [2.45, 2.75) is 43.9 Å². The molecule has 15 nitrogen and oxygen atoms in total. The fourth-order valence-corrected chi connectivity index (χ4v) is 7.64. The number of ketones is 1. The number of para-hydroxylation sites is 1. The number of carbonyl (C=O) groups is 1. The van der Waals surface area contributed by atoms with Crippen LogP contribution in [0.1, 0.15) is 36.9 Å². The van der Waals surface area contributed by atoms with Gasteiger partial charge in [-0.05, 0) is 55.2 Å². The molecule has 1 aliphatic carbocycles. The summed E-state index contributed by atoms with van der Waals surface area (Å²) in [6, 6.07) is 20.5. The molecule has 4 aromatic carbocycles. The number of fused-ring (bicyclic) bond motifs is 1. The monoisotopic (exact) mass is 810 g/mol. The predicted octanol–water partition coefficient (Wildman–Crippen LogP) is 5.10. The normalized spacial score (nSPS) is 12.9. The minimum atomic E-state index is -4.18. The van der Waals surface area contributed by atoms with E-state index < -0.39 is 34.5 Å². The third-order valence-electron chi connectivity index (χ3n) is 8.72. The SMILES string of the molecule is Cc1nn(-c2ccccc2)c(=O)[c-]1N=Nc1c(O)cc(S(=O)(=O)N(CCO)CCO)c2ccccc12.O=C(CCc1cc(O)ccc1O)C1=C(O)CCC1.[Cr]. The Morgan fingerprint density at radius 1 is 0.891 bits per heavy atom. The molecule has 5 aromatic rings. The summed E-state index contributed by atoms with van der Waals surface area (Å²) in [4.78, 5) is 24.6. The molecule has 6 N–H and O–H groups in total. The average molecular weight is 811 g/mol. The second-order valence-corrected chi connectivity index (χ2v) is 14.2. The Kier molecular flexibility index (Phi) is 14.6. The fraction of sp³-hybridized carbons (Fsp3) is 0.263. The summed E-state index contributed by atoms with van der Waals surface area (Å²) in [6.45, 7) is 0.276. The van der Waals surface area contributed by atoms with E-state index in [1.807, 2.05) is 6.07 Å². The first kappa shape index (κ1) is 42.5. The van der Waals surface area contributed by atoms with Crippen molar-refractivity contribution in [3.8, 4) is 22.9 Å². The van der Waals surface area contributed by atoms with E-state index in [0.29, 0.717) is 41.8 Å². The number of carbonyl (C=O) groups excluding carboxylic acids is 1. The zero-order valence-electron chi connectivity index (χ0n) is 29.7. The Labute approximate surface area is 327 Å². The third kappa shape index (κ3) is 9.70. The molecule has 290 valence electrons. The van der Waals surface area contributed by atoms with E-state index in [4.69, 9.17) is 0 Å². The number of sulfonamides is 1. The zero-order valence-corrected chi connectivity index (χ0v) is 31.8. The summed E-state index contributed by atoms with van der Waals surface area (Å²) in [5.74, 6) is -0.194. The Hall–Kier alpha value is -5.28. The molecule has 0 atom stereocenters. The minimum absolute atomic E-state index is 0. The summed E-state index contributed by atoms with van der Waals surface area (Å²) in [7, 11) is -4.18. The van der Waals surface area contributed by atoms with Gasteiger partial charge in [0.15, 0.2) is 5.78 Å². The first-order valence-corrected chi connectivity index (χ1v) is 18.5. The maximum Gasteiger partial charge on any atom is 0.243 e. The molecule has 6 rings (SSSR count). The van der Waals surface area contributed by atoms with E-state index in [-0.39, 0.29) is 87.0 Å². The molecular weight excluding hydrogens is 771 g/mol. The largest absolute Gasteiger partial charge is 0.512 e. The van der Waals surface area contributed by atoms with Crippen LogP contribution in [0, 0.1) is 6.92 Å². The minimum Gasteiger partial charge on any atom is -0.512 e. The summed E-state index contributed by atoms with van der Waals surface area (Å²) >= 11 is 0. The molecule has 0 saturated heterocycles. The molecular formula is C38H40CrN5O10S-. The number of nitrogens with zero attached hydrogens (tertiary/aromatic N) is 5. The summed E-state index contributed by atoms with van der Waals surface area (Å²) in [6.07, 6.45) is 2.63. The van der Waals surface area contributed by atoms with Crippen molar-refractivity contribution >= 4 is 38.0 Å². The van der Waals surface area contributed by atoms with Gasteiger partial charge in [-0.25, -0.2) is 18.2 Å². The number of rotatable bonds is 13. The second kappa shape index (κ2) is 18.9. The molecule has 0 unspecified atom stereocenters. The van der Waals surface area contributed by atoms with Gasteiger partial charge >= 0.3 is 0 Å². The van der Waals surface area contributed by atoms with Crippen LogP contribution in [0.4, 0.5) is 11.4 Å². The summed E-state index contributed by atoms with van der Waals surface area (Å²) in [5.41, 5.74) is 1.43. The standard InChI is InChI=1S/C24H24N5O6S.C14H16O4.Cr/c1-16-22(24(33)29(27-16)17-7-3-2-4-8-17)25-26-23-19-10-6-5-9-18(19)21(15-20(23)32)36(34,35)28(11-13-30)12-14-31;15-10-5-7-12(16)9(8-10)4-6-14(18)11-2-1-3-13(11)17;/h2-10,15,30-32H,11-14H2,1H3;5,7-8,15-17H,1-4,6H2;/q-1;;. The molecule has 0 amide bonds. The number of allylic oxidation sites excluding steroid dienone is 2. The molecule has 0 spiro atoms. The summed E-state index contributed by atoms with van der Waals surface area (Å²) in [5, 5.41) is 70.7. The van der Waals surface area contributed by atoms with Gasteiger partial charge in [0, 0.05) is 65.7 Å². The fourth-order valence-electron chi connectivity index (χ4n) is 6.00. The molecule has 0 aliphatic heterocycles. The number of aromatic hydroxyl groups is 3. The molecule has 0 radical (unpaired) electrons. The van der Waals surface area contributed by atoms with E-state index in [1.165, 1.54) is 22.9 Å². The number of aliphatic hydroxyl groups excluding tert-OH is 3. The van der Waals surface area contributed by atoms with Crippen LogP contribution in [0.2, 0.25) is 0 Å². The summed E-state index contributed by atoms with van der Waals surface area (Å²) < 4.78 is 28.7. The molecule has 1 aliphatic rings. The maximum atomic E-state index is 13.3. The van der Waals surface area contributed by atoms with Crippen molar-refractivity contribution in [3.05, 3.63) is 112 Å². The van der Waals surface area contributed by atoms with Crippen LogP contribution >= 0.6 is 0 Å². The van der Waals surface area contributed by atoms with Crippen molar-refractivity contribution in [3.63, 3.8) is 0 Å². The number of aryl methyl sites for hydroxylation is 2. The van der Waals surface area contributed by atoms with Gasteiger partial charge in [0.25, 0.3) is 0 Å². The number of Topliss-reactive ketones (excluding diaryl/α,β-unsaturated/α-hetero) is 1. The van der Waals surface area contributed by atoms with Crippen LogP contribution in [-0.4, -0.2) is 85.2 Å². The van der Waals surface area contributed by atoms with Gasteiger partial charge in [-0.2, -0.15) is 9.42 Å². The Morgan fingerprint density at radius 3 is 2.18 bits per heavy atom. The Bertz CT molecular complexity index is 2370. The first-order valence-electron chi connectivity index (χ1n) is 17.0. The maximum absolute atomic E-state index is 13.3. The average Bonchev–Trinajstić information content (AvgIpc) is 3.72. The van der Waals surface area contributed by atoms with Gasteiger partial charge in [-0.15, -0.1) is 5.69 Å². The number of aliphatic hydroxyl groups is 3. The smallest absolute Gasteiger partial charge is 0.243 e. The van der Waals surface area contributed by atoms with Crippen molar-refractivity contribution in [2.75, 3.05) is 26.3 Å². The van der Waals surface area contributed by atoms with Crippen LogP contribution < -0.4 is 5.56 Å². The molecule has 55 heavy (non-hydrogen) atoms. The number of hydrogen-bond acceptors (Lipinski definition) is 13. The van der Waals surface area contributed by atoms with E-state index in [0.717, 1.165) is 16.8 Å². The van der Waals surface area contributed by atoms with E-state index in [9.17, 15) is 48.6 Å². The zero-order chi connectivity index (χ0) is 39.0. The van der Waals surface area contributed by atoms with Crippen molar-refractivity contribution in [1.82, 2.24) is 14.1 Å². The number of phenolic OH excluding ortho intramolecular Hbond substituents is 3. The number of benzene rings is 4. The van der Waals surface area contributed by atoms with Crippen LogP contribution in [0.3, 0.4) is 0 Å². The van der Waals surface area contributed by atoms with Crippen LogP contribution in [0.5, 0.6) is 17.2 Å². The number of phenols is 3. The van der Waals surface area contributed by atoms with E-state index >= 15 is 0 Å². The van der Waals surface area contributed by atoms with E-state index in [2.05, 4.69) is 15.3 Å². The number of hydrogen-bond donors (Lipinski definition) is 6. The molecule has 17 heteroatoms. The molecule has 1 aromatic heterocycles. The first-order chi connectivity index (χ1) is 25.9. The topological polar surface area (TPSA) is 235 Å². The van der Waals surface area contributed by atoms with E-state index in [1.54, 1.807) is 55.5 Å². The number of aromatic nitrogens is 2. The molecule has 1 heterocycles. The number of azo groups is 1. The molecule has 0 bridgehead atoms. The van der Waals surface area contributed by atoms with Gasteiger partial charge in [0.2, 0.25) is 10.0 Å². The third-order valence-corrected chi connectivity index (χ3v) is 10.7. The molecule has 0 saturated carbocycles. The van der Waals surface area contributed by atoms with Gasteiger partial charge in [0.05, 0.1) is 29.6 Å². The second-order valence-electron chi connectivity index (χ2n) is 12.3. The Morgan fingerprint density at radius 2 is 1.55 bits per heavy atom. The van der Waals surface area contributed by atoms with Crippen molar-refractivity contribution < 1.29 is 61.2 Å². The van der Waals surface area contributed by atoms with Gasteiger partial charge in [-0.1, -0.05) is 55.1 Å². The molecule has 0 fully saturated rings. The Balaban J connectivity index is 0.000000298. The quantitative estimate of drug-likeness (QED) is 0.0520. The van der Waals surface area contributed by atoms with Crippen LogP contribution in [0.25, 0.3) is 16.5 Å². The van der Waals surface area contributed by atoms with Crippen LogP contribution in [0.15, 0.2) is 110 Å². The van der Waals surface area contributed by atoms with Gasteiger partial charge in [-0.3, -0.25) is 4.79 Å². The van der Waals surface area contributed by atoms with Crippen LogP contribution in [-0.2, 0) is 38.6 Å².